The lowest BCUT2D eigenvalue weighted by Crippen LogP contribution is -2.47. The van der Waals surface area contributed by atoms with Gasteiger partial charge in [0.15, 0.2) is 0 Å². The molecule has 4 fully saturated rings. The van der Waals surface area contributed by atoms with Gasteiger partial charge < -0.3 is 24.4 Å². The van der Waals surface area contributed by atoms with Crippen molar-refractivity contribution >= 4 is 17.9 Å². The third kappa shape index (κ3) is 3.53. The second-order valence-electron chi connectivity index (χ2n) is 14.0. The van der Waals surface area contributed by atoms with Crippen LogP contribution in [0.1, 0.15) is 80.1 Å². The summed E-state index contributed by atoms with van der Waals surface area (Å²) in [4.78, 5) is 39.2. The van der Waals surface area contributed by atoms with Crippen LogP contribution in [0, 0.1) is 46.3 Å². The summed E-state index contributed by atoms with van der Waals surface area (Å²) < 4.78 is 18.2. The average molecular weight is 557 g/mol. The van der Waals surface area contributed by atoms with Gasteiger partial charge in [0, 0.05) is 43.1 Å². The fraction of sp³-hybridized carbons (Fsp3) is 0.781. The largest absolute Gasteiger partial charge is 0.462 e. The van der Waals surface area contributed by atoms with Crippen molar-refractivity contribution in [3.05, 3.63) is 22.8 Å². The van der Waals surface area contributed by atoms with E-state index in [1.54, 1.807) is 6.92 Å². The third-order valence-corrected chi connectivity index (χ3v) is 12.0. The number of rotatable bonds is 5. The van der Waals surface area contributed by atoms with E-state index in [0.29, 0.717) is 32.1 Å². The zero-order chi connectivity index (χ0) is 28.9. The molecule has 2 saturated carbocycles. The van der Waals surface area contributed by atoms with E-state index in [4.69, 9.17) is 14.2 Å². The molecule has 6 aliphatic rings. The summed E-state index contributed by atoms with van der Waals surface area (Å²) in [6, 6.07) is 0. The Hall–Kier alpha value is -2.19. The van der Waals surface area contributed by atoms with Crippen LogP contribution in [-0.4, -0.2) is 58.6 Å². The molecular formula is C32H44O8. The predicted molar refractivity (Wildman–Crippen MR) is 144 cm³/mol. The molecule has 2 N–H and O–H groups in total. The molecule has 0 aromatic heterocycles. The van der Waals surface area contributed by atoms with E-state index >= 15 is 0 Å². The summed E-state index contributed by atoms with van der Waals surface area (Å²) in [5.74, 6) is -1.40. The average Bonchev–Trinajstić information content (AvgIpc) is 3.44. The highest BCUT2D eigenvalue weighted by atomic mass is 16.6. The van der Waals surface area contributed by atoms with Crippen molar-refractivity contribution in [2.45, 2.75) is 104 Å². The lowest BCUT2D eigenvalue weighted by Gasteiger charge is -2.45. The SMILES string of the molecule is CC(=O)O[C@H]1[C@@H]2C(C)=C3C[C@H]4[C@H](C[C@H](C)[C@@]31C[C@@]21C(=O)O[C@@H]2C[C@@](C)(O)C([C@@H](C)CCCO)=C[C@@H]21)OC(=O)[C@H]4C. The van der Waals surface area contributed by atoms with Crippen molar-refractivity contribution in [2.24, 2.45) is 46.3 Å². The second-order valence-corrected chi connectivity index (χ2v) is 14.0. The molecule has 0 aromatic carbocycles. The first-order valence-electron chi connectivity index (χ1n) is 15.1. The highest BCUT2D eigenvalue weighted by molar-refractivity contribution is 5.84. The van der Waals surface area contributed by atoms with Crippen LogP contribution in [0.15, 0.2) is 22.8 Å². The van der Waals surface area contributed by atoms with E-state index < -0.39 is 28.6 Å². The van der Waals surface area contributed by atoms with Gasteiger partial charge in [-0.25, -0.2) is 0 Å². The van der Waals surface area contributed by atoms with E-state index in [9.17, 15) is 24.6 Å². The van der Waals surface area contributed by atoms with Gasteiger partial charge in [-0.15, -0.1) is 0 Å². The molecule has 0 radical (unpaired) electrons. The highest BCUT2D eigenvalue weighted by Crippen LogP contribution is 2.76. The lowest BCUT2D eigenvalue weighted by atomic mass is 9.56. The molecule has 12 atom stereocenters. The zero-order valence-electron chi connectivity index (χ0n) is 24.6. The van der Waals surface area contributed by atoms with E-state index in [1.165, 1.54) is 12.5 Å². The van der Waals surface area contributed by atoms with Crippen LogP contribution in [-0.2, 0) is 28.6 Å². The molecule has 8 heteroatoms. The Balaban J connectivity index is 1.49. The fourth-order valence-electron chi connectivity index (χ4n) is 10.2. The van der Waals surface area contributed by atoms with Crippen LogP contribution in [0.25, 0.3) is 0 Å². The molecule has 2 saturated heterocycles. The van der Waals surface area contributed by atoms with E-state index in [0.717, 1.165) is 17.6 Å². The minimum absolute atomic E-state index is 0.0183. The number of ether oxygens (including phenoxy) is 3. The first-order chi connectivity index (χ1) is 18.8. The summed E-state index contributed by atoms with van der Waals surface area (Å²) >= 11 is 0. The van der Waals surface area contributed by atoms with Crippen LogP contribution < -0.4 is 0 Å². The second kappa shape index (κ2) is 9.15. The number of carbonyl (C=O) groups is 3. The Kier molecular flexibility index (Phi) is 6.40. The Morgan fingerprint density at radius 2 is 1.93 bits per heavy atom. The Morgan fingerprint density at radius 3 is 2.60 bits per heavy atom. The fourth-order valence-corrected chi connectivity index (χ4v) is 10.2. The number of fused-ring (bicyclic) bond motifs is 5. The lowest BCUT2D eigenvalue weighted by molar-refractivity contribution is -0.156. The highest BCUT2D eigenvalue weighted by Gasteiger charge is 2.78. The molecule has 8 nitrogen and oxygen atoms in total. The van der Waals surface area contributed by atoms with Gasteiger partial charge >= 0.3 is 17.9 Å². The van der Waals surface area contributed by atoms with Crippen LogP contribution in [0.3, 0.4) is 0 Å². The molecule has 2 bridgehead atoms. The monoisotopic (exact) mass is 556 g/mol. The number of hydrogen-bond acceptors (Lipinski definition) is 8. The van der Waals surface area contributed by atoms with Gasteiger partial charge in [0.05, 0.1) is 16.9 Å². The topological polar surface area (TPSA) is 119 Å². The number of aliphatic hydroxyl groups excluding tert-OH is 1. The number of carbonyl (C=O) groups excluding carboxylic acids is 3. The van der Waals surface area contributed by atoms with Crippen molar-refractivity contribution in [2.75, 3.05) is 6.61 Å². The van der Waals surface area contributed by atoms with Crippen LogP contribution in [0.5, 0.6) is 0 Å². The predicted octanol–water partition coefficient (Wildman–Crippen LogP) is 3.88. The summed E-state index contributed by atoms with van der Waals surface area (Å²) in [6.45, 7) is 11.6. The summed E-state index contributed by atoms with van der Waals surface area (Å²) in [5, 5.41) is 20.9. The van der Waals surface area contributed by atoms with Gasteiger partial charge in [-0.3, -0.25) is 14.4 Å². The van der Waals surface area contributed by atoms with E-state index in [-0.39, 0.29) is 66.1 Å². The van der Waals surface area contributed by atoms with Gasteiger partial charge in [0.2, 0.25) is 0 Å². The molecular weight excluding hydrogens is 512 g/mol. The zero-order valence-corrected chi connectivity index (χ0v) is 24.6. The number of hydrogen-bond donors (Lipinski definition) is 2. The maximum Gasteiger partial charge on any atom is 0.313 e. The smallest absolute Gasteiger partial charge is 0.313 e. The quantitative estimate of drug-likeness (QED) is 0.298. The van der Waals surface area contributed by atoms with E-state index in [2.05, 4.69) is 26.8 Å². The minimum atomic E-state index is -1.11. The van der Waals surface area contributed by atoms with E-state index in [1.807, 2.05) is 6.92 Å². The number of aliphatic hydroxyl groups is 2. The summed E-state index contributed by atoms with van der Waals surface area (Å²) in [7, 11) is 0. The van der Waals surface area contributed by atoms with Crippen molar-refractivity contribution in [3.8, 4) is 0 Å². The first-order valence-corrected chi connectivity index (χ1v) is 15.1. The standard InChI is InChI=1S/C32H44O8/c1-15(8-7-9-33)21-12-23-25(13-30(21,6)37)40-29(36)32(23)14-31-16(2)10-24-20(17(3)28(35)39-24)11-22(31)18(4)26(32)27(31)38-19(5)34/h12,15-17,20,23-27,33,37H,7-11,13-14H2,1-6H3/t15-,16-,17-,20+,23-,24-,25+,26-,27-,30+,31-,32-/m0/s1. The van der Waals surface area contributed by atoms with Gasteiger partial charge in [-0.05, 0) is 63.4 Å². The van der Waals surface area contributed by atoms with Gasteiger partial charge in [-0.2, -0.15) is 0 Å². The van der Waals surface area contributed by atoms with Crippen molar-refractivity contribution in [3.63, 3.8) is 0 Å². The Bertz CT molecular complexity index is 1200. The Morgan fingerprint density at radius 1 is 1.20 bits per heavy atom. The van der Waals surface area contributed by atoms with Crippen molar-refractivity contribution in [1.29, 1.82) is 0 Å². The molecule has 220 valence electrons. The molecule has 4 aliphatic carbocycles. The summed E-state index contributed by atoms with van der Waals surface area (Å²) in [6.07, 6.45) is 4.56. The van der Waals surface area contributed by atoms with Crippen LogP contribution >= 0.6 is 0 Å². The maximum absolute atomic E-state index is 14.1. The van der Waals surface area contributed by atoms with Gasteiger partial charge in [0.25, 0.3) is 0 Å². The van der Waals surface area contributed by atoms with Crippen molar-refractivity contribution in [1.82, 2.24) is 0 Å². The molecule has 0 aromatic rings. The molecule has 0 amide bonds. The molecule has 6 rings (SSSR count). The third-order valence-electron chi connectivity index (χ3n) is 12.0. The minimum Gasteiger partial charge on any atom is -0.462 e. The van der Waals surface area contributed by atoms with Gasteiger partial charge in [-0.1, -0.05) is 38.0 Å². The molecule has 2 aliphatic heterocycles. The molecule has 0 unspecified atom stereocenters. The van der Waals surface area contributed by atoms with Crippen LogP contribution in [0.4, 0.5) is 0 Å². The molecule has 2 heterocycles. The summed E-state index contributed by atoms with van der Waals surface area (Å²) in [5.41, 5.74) is 0.675. The molecule has 40 heavy (non-hydrogen) atoms. The first kappa shape index (κ1) is 28.0. The maximum atomic E-state index is 14.1. The van der Waals surface area contributed by atoms with Crippen LogP contribution in [0.2, 0.25) is 0 Å². The normalized spacial score (nSPS) is 47.8. The van der Waals surface area contributed by atoms with Crippen molar-refractivity contribution < 1.29 is 38.8 Å². The number of esters is 3. The van der Waals surface area contributed by atoms with Gasteiger partial charge in [0.1, 0.15) is 18.3 Å². The Labute approximate surface area is 236 Å². The molecule has 2 spiro atoms.